The quantitative estimate of drug-likeness (QED) is 0.618. The van der Waals surface area contributed by atoms with Gasteiger partial charge in [0.2, 0.25) is 5.91 Å². The Kier molecular flexibility index (Phi) is 5.68. The average Bonchev–Trinajstić information content (AvgIpc) is 2.64. The number of aliphatic hydroxyl groups is 1. The first-order chi connectivity index (χ1) is 13.2. The summed E-state index contributed by atoms with van der Waals surface area (Å²) in [5.74, 6) is -0.309. The van der Waals surface area contributed by atoms with Crippen LogP contribution in [-0.2, 0) is 10.2 Å². The number of carbonyl (C=O) groups excluding carboxylic acids is 2. The van der Waals surface area contributed by atoms with Crippen LogP contribution in [0.4, 0.5) is 4.79 Å². The van der Waals surface area contributed by atoms with E-state index in [1.54, 1.807) is 12.1 Å². The molecule has 3 amide bonds. The number of urea groups is 1. The number of likely N-dealkylation sites (tertiary alicyclic amines) is 1. The summed E-state index contributed by atoms with van der Waals surface area (Å²) in [7, 11) is 0. The van der Waals surface area contributed by atoms with E-state index in [4.69, 9.17) is 0 Å². The minimum absolute atomic E-state index is 0.0108. The smallest absolute Gasteiger partial charge is 0.321 e. The first-order valence-electron chi connectivity index (χ1n) is 10.1. The van der Waals surface area contributed by atoms with Crippen molar-refractivity contribution in [2.45, 2.75) is 63.5 Å². The number of hydrogen-bond acceptors (Lipinski definition) is 5. The lowest BCUT2D eigenvalue weighted by Crippen LogP contribution is -2.69. The number of likely N-dealkylation sites (N-methyl/N-ethyl adjacent to an activating group) is 1. The van der Waals surface area contributed by atoms with E-state index in [0.717, 1.165) is 24.2 Å². The molecule has 1 aromatic rings. The Morgan fingerprint density at radius 1 is 1.29 bits per heavy atom. The Balaban J connectivity index is 2.20. The van der Waals surface area contributed by atoms with Crippen LogP contribution in [-0.4, -0.2) is 58.3 Å². The maximum absolute atomic E-state index is 12.8. The molecule has 0 aromatic heterocycles. The topological polar surface area (TPSA) is 102 Å². The molecule has 2 saturated heterocycles. The second-order valence-corrected chi connectivity index (χ2v) is 8.14. The van der Waals surface area contributed by atoms with E-state index in [0.29, 0.717) is 25.8 Å². The second-order valence-electron chi connectivity index (χ2n) is 8.14. The number of aromatic hydroxyl groups is 1. The lowest BCUT2D eigenvalue weighted by Gasteiger charge is -2.58. The van der Waals surface area contributed by atoms with Gasteiger partial charge in [-0.1, -0.05) is 13.0 Å². The Labute approximate surface area is 166 Å². The van der Waals surface area contributed by atoms with Gasteiger partial charge in [0.1, 0.15) is 5.75 Å². The monoisotopic (exact) mass is 389 g/mol. The van der Waals surface area contributed by atoms with Gasteiger partial charge < -0.3 is 15.5 Å². The minimum Gasteiger partial charge on any atom is -0.508 e. The minimum atomic E-state index is -1.18. The molecule has 0 unspecified atom stereocenters. The van der Waals surface area contributed by atoms with Crippen LogP contribution < -0.4 is 10.6 Å². The van der Waals surface area contributed by atoms with Crippen LogP contribution in [0, 0.1) is 6.92 Å². The summed E-state index contributed by atoms with van der Waals surface area (Å²) < 4.78 is 0. The van der Waals surface area contributed by atoms with Crippen LogP contribution in [0.1, 0.15) is 50.7 Å². The maximum Gasteiger partial charge on any atom is 0.321 e. The molecule has 154 valence electrons. The summed E-state index contributed by atoms with van der Waals surface area (Å²) in [4.78, 5) is 26.9. The van der Waals surface area contributed by atoms with Gasteiger partial charge in [-0.2, -0.15) is 0 Å². The maximum atomic E-state index is 12.8. The molecule has 3 rings (SSSR count). The number of hydrogen-bond donors (Lipinski definition) is 4. The Morgan fingerprint density at radius 2 is 2.04 bits per heavy atom. The summed E-state index contributed by atoms with van der Waals surface area (Å²) in [6.07, 6.45) is 1.61. The molecule has 7 nitrogen and oxygen atoms in total. The van der Waals surface area contributed by atoms with Gasteiger partial charge in [0, 0.05) is 24.4 Å². The van der Waals surface area contributed by atoms with E-state index in [1.807, 2.05) is 19.9 Å². The number of carbonyl (C=O) groups is 2. The number of phenolic OH excluding ortho intramolecular Hbond substituents is 1. The van der Waals surface area contributed by atoms with Crippen molar-refractivity contribution in [1.29, 1.82) is 0 Å². The molecule has 0 saturated carbocycles. The molecule has 7 heteroatoms. The third kappa shape index (κ3) is 3.37. The Morgan fingerprint density at radius 3 is 2.75 bits per heavy atom. The van der Waals surface area contributed by atoms with Crippen molar-refractivity contribution in [2.24, 2.45) is 0 Å². The fourth-order valence-electron chi connectivity index (χ4n) is 5.21. The molecular weight excluding hydrogens is 358 g/mol. The highest BCUT2D eigenvalue weighted by molar-refractivity contribution is 5.95. The number of nitrogens with one attached hydrogen (secondary N) is 2. The third-order valence-corrected chi connectivity index (χ3v) is 6.77. The van der Waals surface area contributed by atoms with Gasteiger partial charge in [-0.25, -0.2) is 4.79 Å². The molecule has 28 heavy (non-hydrogen) atoms. The molecule has 0 radical (unpaired) electrons. The highest BCUT2D eigenvalue weighted by atomic mass is 16.3. The van der Waals surface area contributed by atoms with Gasteiger partial charge in [0.15, 0.2) is 0 Å². The molecule has 1 aromatic carbocycles. The molecule has 2 aliphatic rings. The van der Waals surface area contributed by atoms with Crippen molar-refractivity contribution >= 4 is 11.9 Å². The summed E-state index contributed by atoms with van der Waals surface area (Å²) in [5.41, 5.74) is -0.363. The molecule has 0 spiro atoms. The van der Waals surface area contributed by atoms with Crippen LogP contribution in [0.3, 0.4) is 0 Å². The third-order valence-electron chi connectivity index (χ3n) is 6.77. The number of amides is 3. The normalized spacial score (nSPS) is 32.2. The highest BCUT2D eigenvalue weighted by Crippen LogP contribution is 2.51. The fourth-order valence-corrected chi connectivity index (χ4v) is 5.21. The number of nitrogens with zero attached hydrogens (tertiary/aromatic N) is 1. The summed E-state index contributed by atoms with van der Waals surface area (Å²) in [5, 5.41) is 27.4. The van der Waals surface area contributed by atoms with Gasteiger partial charge in [0.25, 0.3) is 0 Å². The van der Waals surface area contributed by atoms with Crippen molar-refractivity contribution in [3.8, 4) is 5.75 Å². The number of rotatable bonds is 2. The molecule has 0 bridgehead atoms. The number of phenols is 1. The molecular formula is C21H31N3O4. The summed E-state index contributed by atoms with van der Waals surface area (Å²) in [6, 6.07) is 4.44. The Bertz CT molecular complexity index is 768. The predicted molar refractivity (Wildman–Crippen MR) is 106 cm³/mol. The van der Waals surface area contributed by atoms with Crippen LogP contribution >= 0.6 is 0 Å². The fraction of sp³-hybridized carbons (Fsp3) is 0.619. The molecule has 2 fully saturated rings. The standard InChI is InChI=1S/C21H31N3O4/c1-4-24-11-9-20(17-12-16(25)7-6-14(17)2)13-18(26)23-19(27)22-10-5-8-21(20,28)15(24)3/h6-7,12,15,25,28H,4-5,8-11,13H2,1-3H3,(H2,22,23,26,27)/t15-,20-,21-/m1/s1. The summed E-state index contributed by atoms with van der Waals surface area (Å²) in [6.45, 7) is 7.94. The van der Waals surface area contributed by atoms with Crippen molar-refractivity contribution in [2.75, 3.05) is 19.6 Å². The number of aryl methyl sites for hydroxylation is 1. The van der Waals surface area contributed by atoms with E-state index in [9.17, 15) is 19.8 Å². The second kappa shape index (κ2) is 7.72. The number of benzene rings is 1. The molecule has 2 aliphatic heterocycles. The van der Waals surface area contributed by atoms with Crippen LogP contribution in [0.15, 0.2) is 18.2 Å². The first-order valence-corrected chi connectivity index (χ1v) is 10.1. The van der Waals surface area contributed by atoms with Gasteiger partial charge in [0.05, 0.1) is 5.60 Å². The lowest BCUT2D eigenvalue weighted by molar-refractivity contribution is -0.150. The average molecular weight is 389 g/mol. The SMILES string of the molecule is CCN1CC[C@]2(c3cc(O)ccc3C)CC(=O)NC(=O)NCCC[C@@]2(O)[C@H]1C. The number of piperidine rings is 1. The van der Waals surface area contributed by atoms with E-state index in [2.05, 4.69) is 22.5 Å². The zero-order valence-corrected chi connectivity index (χ0v) is 16.9. The van der Waals surface area contributed by atoms with Crippen molar-refractivity contribution in [1.82, 2.24) is 15.5 Å². The van der Waals surface area contributed by atoms with Gasteiger partial charge in [-0.05, 0) is 69.5 Å². The van der Waals surface area contributed by atoms with E-state index in [1.165, 1.54) is 0 Å². The zero-order valence-electron chi connectivity index (χ0n) is 16.9. The van der Waals surface area contributed by atoms with Crippen molar-refractivity contribution < 1.29 is 19.8 Å². The number of imide groups is 1. The zero-order chi connectivity index (χ0) is 20.5. The molecule has 0 aliphatic carbocycles. The van der Waals surface area contributed by atoms with Gasteiger partial charge in [-0.3, -0.25) is 15.0 Å². The van der Waals surface area contributed by atoms with Crippen LogP contribution in [0.2, 0.25) is 0 Å². The molecule has 3 atom stereocenters. The highest BCUT2D eigenvalue weighted by Gasteiger charge is 2.59. The van der Waals surface area contributed by atoms with Crippen LogP contribution in [0.5, 0.6) is 5.75 Å². The largest absolute Gasteiger partial charge is 0.508 e. The molecule has 4 N–H and O–H groups in total. The van der Waals surface area contributed by atoms with Crippen molar-refractivity contribution in [3.05, 3.63) is 29.3 Å². The van der Waals surface area contributed by atoms with Crippen LogP contribution in [0.25, 0.3) is 0 Å². The van der Waals surface area contributed by atoms with Gasteiger partial charge in [-0.15, -0.1) is 0 Å². The van der Waals surface area contributed by atoms with E-state index >= 15 is 0 Å². The lowest BCUT2D eigenvalue weighted by atomic mass is 9.56. The predicted octanol–water partition coefficient (Wildman–Crippen LogP) is 1.79. The molecule has 2 heterocycles. The first kappa shape index (κ1) is 20.6. The Hall–Kier alpha value is -2.12. The van der Waals surface area contributed by atoms with E-state index < -0.39 is 23.0 Å². The van der Waals surface area contributed by atoms with E-state index in [-0.39, 0.29) is 18.2 Å². The van der Waals surface area contributed by atoms with Gasteiger partial charge >= 0.3 is 6.03 Å². The number of fused-ring (bicyclic) bond motifs is 1. The van der Waals surface area contributed by atoms with Crippen molar-refractivity contribution in [3.63, 3.8) is 0 Å². The summed E-state index contributed by atoms with van der Waals surface area (Å²) >= 11 is 0.